The van der Waals surface area contributed by atoms with Crippen molar-refractivity contribution in [1.82, 2.24) is 5.16 Å². The van der Waals surface area contributed by atoms with Crippen LogP contribution in [0, 0.1) is 20.8 Å². The maximum Gasteiger partial charge on any atom is 0.317 e. The Labute approximate surface area is 190 Å². The molecule has 8 heteroatoms. The van der Waals surface area contributed by atoms with Crippen LogP contribution in [-0.4, -0.2) is 22.8 Å². The SMILES string of the molecule is Cc1ccc(NC(=O)C(OC(=O)CSCc2c(C)noc2C)c2ccccc2)cc1Cl. The Morgan fingerprint density at radius 1 is 1.16 bits per heavy atom. The lowest BCUT2D eigenvalue weighted by atomic mass is 10.1. The van der Waals surface area contributed by atoms with E-state index in [0.29, 0.717) is 22.0 Å². The molecule has 1 aromatic heterocycles. The van der Waals surface area contributed by atoms with Gasteiger partial charge in [-0.2, -0.15) is 0 Å². The molecule has 0 aliphatic carbocycles. The number of carbonyl (C=O) groups excluding carboxylic acids is 2. The lowest BCUT2D eigenvalue weighted by molar-refractivity contribution is -0.152. The van der Waals surface area contributed by atoms with Gasteiger partial charge in [-0.3, -0.25) is 9.59 Å². The molecule has 1 atom stereocenters. The number of hydrogen-bond acceptors (Lipinski definition) is 6. The first kappa shape index (κ1) is 22.9. The Balaban J connectivity index is 1.66. The van der Waals surface area contributed by atoms with Crippen LogP contribution in [0.4, 0.5) is 5.69 Å². The van der Waals surface area contributed by atoms with Crippen LogP contribution in [0.2, 0.25) is 5.02 Å². The second-order valence-electron chi connectivity index (χ2n) is 7.03. The first-order valence-corrected chi connectivity index (χ1v) is 11.2. The van der Waals surface area contributed by atoms with Crippen molar-refractivity contribution in [2.75, 3.05) is 11.1 Å². The van der Waals surface area contributed by atoms with Gasteiger partial charge < -0.3 is 14.6 Å². The normalized spacial score (nSPS) is 11.7. The quantitative estimate of drug-likeness (QED) is 0.454. The van der Waals surface area contributed by atoms with Crippen molar-refractivity contribution < 1.29 is 18.8 Å². The zero-order valence-electron chi connectivity index (χ0n) is 17.5. The molecule has 2 aromatic carbocycles. The fourth-order valence-electron chi connectivity index (χ4n) is 2.89. The highest BCUT2D eigenvalue weighted by Crippen LogP contribution is 2.25. The molecule has 0 radical (unpaired) electrons. The molecule has 0 spiro atoms. The summed E-state index contributed by atoms with van der Waals surface area (Å²) in [6.07, 6.45) is -1.08. The van der Waals surface area contributed by atoms with E-state index in [2.05, 4.69) is 10.5 Å². The predicted molar refractivity (Wildman–Crippen MR) is 122 cm³/mol. The zero-order valence-corrected chi connectivity index (χ0v) is 19.0. The number of benzene rings is 2. The first-order valence-electron chi connectivity index (χ1n) is 9.66. The largest absolute Gasteiger partial charge is 0.447 e. The fraction of sp³-hybridized carbons (Fsp3) is 0.261. The van der Waals surface area contributed by atoms with E-state index in [4.69, 9.17) is 20.9 Å². The number of esters is 1. The van der Waals surface area contributed by atoms with Gasteiger partial charge in [-0.15, -0.1) is 11.8 Å². The van der Waals surface area contributed by atoms with Crippen LogP contribution in [0.25, 0.3) is 0 Å². The van der Waals surface area contributed by atoms with Crippen LogP contribution >= 0.6 is 23.4 Å². The monoisotopic (exact) mass is 458 g/mol. The maximum atomic E-state index is 12.9. The van der Waals surface area contributed by atoms with Crippen LogP contribution in [0.3, 0.4) is 0 Å². The summed E-state index contributed by atoms with van der Waals surface area (Å²) in [7, 11) is 0. The Morgan fingerprint density at radius 3 is 2.55 bits per heavy atom. The van der Waals surface area contributed by atoms with E-state index < -0.39 is 18.0 Å². The van der Waals surface area contributed by atoms with Crippen molar-refractivity contribution in [1.29, 1.82) is 0 Å². The number of thioether (sulfide) groups is 1. The average Bonchev–Trinajstić information content (AvgIpc) is 3.07. The molecule has 3 rings (SSSR count). The standard InChI is InChI=1S/C23H23ClN2O4S/c1-14-9-10-18(11-20(14)24)25-23(28)22(17-7-5-4-6-8-17)29-21(27)13-31-12-19-15(2)26-30-16(19)3/h4-11,22H,12-13H2,1-3H3,(H,25,28). The third-order valence-corrected chi connectivity index (χ3v) is 6.02. The number of amides is 1. The van der Waals surface area contributed by atoms with E-state index in [9.17, 15) is 9.59 Å². The van der Waals surface area contributed by atoms with Crippen LogP contribution in [0.5, 0.6) is 0 Å². The Morgan fingerprint density at radius 2 is 1.90 bits per heavy atom. The Kier molecular flexibility index (Phi) is 7.76. The van der Waals surface area contributed by atoms with Gasteiger partial charge in [-0.1, -0.05) is 53.2 Å². The van der Waals surface area contributed by atoms with E-state index in [1.54, 1.807) is 36.4 Å². The molecular formula is C23H23ClN2O4S. The van der Waals surface area contributed by atoms with Crippen molar-refractivity contribution >= 4 is 40.9 Å². The van der Waals surface area contributed by atoms with E-state index >= 15 is 0 Å². The number of nitrogens with one attached hydrogen (secondary N) is 1. The lowest BCUT2D eigenvalue weighted by Crippen LogP contribution is -2.26. The molecule has 1 amide bonds. The summed E-state index contributed by atoms with van der Waals surface area (Å²) >= 11 is 7.53. The molecule has 0 saturated carbocycles. The van der Waals surface area contributed by atoms with Crippen LogP contribution in [0.15, 0.2) is 53.1 Å². The van der Waals surface area contributed by atoms with Crippen molar-refractivity contribution in [3.8, 4) is 0 Å². The highest BCUT2D eigenvalue weighted by molar-refractivity contribution is 7.99. The number of halogens is 1. The molecular weight excluding hydrogens is 436 g/mol. The second kappa shape index (κ2) is 10.5. The summed E-state index contributed by atoms with van der Waals surface area (Å²) in [6.45, 7) is 5.57. The molecule has 1 unspecified atom stereocenters. The summed E-state index contributed by atoms with van der Waals surface area (Å²) in [5.41, 5.74) is 3.79. The minimum atomic E-state index is -1.08. The van der Waals surface area contributed by atoms with Gasteiger partial charge >= 0.3 is 5.97 Å². The minimum absolute atomic E-state index is 0.0943. The van der Waals surface area contributed by atoms with E-state index in [1.807, 2.05) is 32.9 Å². The molecule has 31 heavy (non-hydrogen) atoms. The number of aryl methyl sites for hydroxylation is 3. The van der Waals surface area contributed by atoms with E-state index in [1.165, 1.54) is 11.8 Å². The molecule has 0 aliphatic heterocycles. The maximum absolute atomic E-state index is 12.9. The number of anilines is 1. The number of aromatic nitrogens is 1. The van der Waals surface area contributed by atoms with E-state index in [-0.39, 0.29) is 5.75 Å². The summed E-state index contributed by atoms with van der Waals surface area (Å²) in [5, 5.41) is 7.23. The van der Waals surface area contributed by atoms with Gasteiger partial charge in [-0.25, -0.2) is 0 Å². The summed E-state index contributed by atoms with van der Waals surface area (Å²) in [4.78, 5) is 25.4. The van der Waals surface area contributed by atoms with Gasteiger partial charge in [0.2, 0.25) is 6.10 Å². The molecule has 6 nitrogen and oxygen atoms in total. The Hall–Kier alpha value is -2.77. The Bertz CT molecular complexity index is 1050. The third kappa shape index (κ3) is 6.12. The number of hydrogen-bond donors (Lipinski definition) is 1. The van der Waals surface area contributed by atoms with Crippen molar-refractivity contribution in [3.63, 3.8) is 0 Å². The van der Waals surface area contributed by atoms with Gasteiger partial charge in [0.15, 0.2) is 0 Å². The average molecular weight is 459 g/mol. The van der Waals surface area contributed by atoms with Crippen LogP contribution in [-0.2, 0) is 20.1 Å². The summed E-state index contributed by atoms with van der Waals surface area (Å²) in [5.74, 6) is 0.465. The number of nitrogens with zero attached hydrogens (tertiary/aromatic N) is 1. The predicted octanol–water partition coefficient (Wildman–Crippen LogP) is 5.41. The van der Waals surface area contributed by atoms with Gasteiger partial charge in [0.05, 0.1) is 11.4 Å². The number of rotatable bonds is 8. The second-order valence-corrected chi connectivity index (χ2v) is 8.42. The minimum Gasteiger partial charge on any atom is -0.447 e. The molecule has 0 saturated heterocycles. The van der Waals surface area contributed by atoms with Gasteiger partial charge in [-0.05, 0) is 38.5 Å². The number of ether oxygens (including phenoxy) is 1. The highest BCUT2D eigenvalue weighted by atomic mass is 35.5. The molecule has 0 bridgehead atoms. The molecule has 1 heterocycles. The van der Waals surface area contributed by atoms with Crippen molar-refractivity contribution in [3.05, 3.63) is 81.7 Å². The van der Waals surface area contributed by atoms with Gasteiger partial charge in [0, 0.05) is 27.6 Å². The summed E-state index contributed by atoms with van der Waals surface area (Å²) < 4.78 is 10.7. The number of carbonyl (C=O) groups is 2. The molecule has 0 fully saturated rings. The van der Waals surface area contributed by atoms with Crippen molar-refractivity contribution in [2.45, 2.75) is 32.6 Å². The van der Waals surface area contributed by atoms with Crippen LogP contribution in [0.1, 0.15) is 34.2 Å². The van der Waals surface area contributed by atoms with Crippen molar-refractivity contribution in [2.24, 2.45) is 0 Å². The molecule has 0 aliphatic rings. The zero-order chi connectivity index (χ0) is 22.4. The molecule has 1 N–H and O–H groups in total. The smallest absolute Gasteiger partial charge is 0.317 e. The molecule has 3 aromatic rings. The van der Waals surface area contributed by atoms with Crippen LogP contribution < -0.4 is 5.32 Å². The van der Waals surface area contributed by atoms with Gasteiger partial charge in [0.25, 0.3) is 5.91 Å². The topological polar surface area (TPSA) is 81.4 Å². The summed E-state index contributed by atoms with van der Waals surface area (Å²) in [6, 6.07) is 14.1. The lowest BCUT2D eigenvalue weighted by Gasteiger charge is -2.18. The van der Waals surface area contributed by atoms with E-state index in [0.717, 1.165) is 22.6 Å². The third-order valence-electron chi connectivity index (χ3n) is 4.68. The highest BCUT2D eigenvalue weighted by Gasteiger charge is 2.25. The first-order chi connectivity index (χ1) is 14.8. The van der Waals surface area contributed by atoms with Gasteiger partial charge in [0.1, 0.15) is 5.76 Å². The fourth-order valence-corrected chi connectivity index (χ4v) is 4.02. The molecule has 162 valence electrons.